The van der Waals surface area contributed by atoms with Crippen molar-refractivity contribution in [2.45, 2.75) is 20.3 Å². The van der Waals surface area contributed by atoms with Gasteiger partial charge in [0.1, 0.15) is 5.82 Å². The van der Waals surface area contributed by atoms with Gasteiger partial charge in [0, 0.05) is 19.3 Å². The maximum absolute atomic E-state index is 5.65. The summed E-state index contributed by atoms with van der Waals surface area (Å²) in [6.45, 7) is 6.58. The van der Waals surface area contributed by atoms with Crippen LogP contribution in [0, 0.1) is 5.92 Å². The highest BCUT2D eigenvalue weighted by atomic mass is 35.5. The molecule has 0 aromatic carbocycles. The fourth-order valence-corrected chi connectivity index (χ4v) is 1.25. The van der Waals surface area contributed by atoms with Crippen molar-refractivity contribution in [2.75, 3.05) is 25.1 Å². The Kier molecular flexibility index (Phi) is 6.11. The summed E-state index contributed by atoms with van der Waals surface area (Å²) >= 11 is 5.65. The zero-order chi connectivity index (χ0) is 11.8. The van der Waals surface area contributed by atoms with Gasteiger partial charge in [0.15, 0.2) is 0 Å². The van der Waals surface area contributed by atoms with Crippen molar-refractivity contribution in [2.24, 2.45) is 5.92 Å². The minimum atomic E-state index is 0.255. The third kappa shape index (κ3) is 5.88. The highest BCUT2D eigenvalue weighted by Crippen LogP contribution is 2.05. The summed E-state index contributed by atoms with van der Waals surface area (Å²) in [4.78, 5) is 7.81. The van der Waals surface area contributed by atoms with E-state index in [2.05, 4.69) is 29.1 Å². The number of anilines is 1. The van der Waals surface area contributed by atoms with Crippen molar-refractivity contribution >= 4 is 17.4 Å². The molecular weight excluding hydrogens is 226 g/mol. The SMILES string of the molecule is CC(C)CCOCCNc1ccnc(Cl)n1. The number of aromatic nitrogens is 2. The second-order valence-electron chi connectivity index (χ2n) is 3.93. The molecule has 0 aliphatic heterocycles. The molecule has 0 bridgehead atoms. The molecule has 1 aromatic heterocycles. The Hall–Kier alpha value is -0.870. The normalized spacial score (nSPS) is 10.8. The number of ether oxygens (including phenoxy) is 1. The van der Waals surface area contributed by atoms with Gasteiger partial charge in [0.25, 0.3) is 0 Å². The van der Waals surface area contributed by atoms with Crippen LogP contribution in [-0.2, 0) is 4.74 Å². The predicted octanol–water partition coefficient (Wildman–Crippen LogP) is 2.60. The molecule has 0 saturated heterocycles. The standard InChI is InChI=1S/C11H18ClN3O/c1-9(2)4-7-16-8-6-13-10-3-5-14-11(12)15-10/h3,5,9H,4,6-8H2,1-2H3,(H,13,14,15). The minimum absolute atomic E-state index is 0.255. The Morgan fingerprint density at radius 1 is 1.44 bits per heavy atom. The van der Waals surface area contributed by atoms with E-state index in [9.17, 15) is 0 Å². The van der Waals surface area contributed by atoms with Gasteiger partial charge in [-0.2, -0.15) is 0 Å². The zero-order valence-corrected chi connectivity index (χ0v) is 10.5. The first-order valence-corrected chi connectivity index (χ1v) is 5.86. The molecule has 0 amide bonds. The van der Waals surface area contributed by atoms with Crippen LogP contribution in [0.15, 0.2) is 12.3 Å². The average molecular weight is 244 g/mol. The molecule has 1 rings (SSSR count). The molecule has 4 nitrogen and oxygen atoms in total. The van der Waals surface area contributed by atoms with Crippen LogP contribution in [0.2, 0.25) is 5.28 Å². The molecule has 0 aliphatic rings. The summed E-state index contributed by atoms with van der Waals surface area (Å²) in [6, 6.07) is 1.78. The van der Waals surface area contributed by atoms with Gasteiger partial charge < -0.3 is 10.1 Å². The van der Waals surface area contributed by atoms with Gasteiger partial charge in [-0.1, -0.05) is 13.8 Å². The third-order valence-electron chi connectivity index (χ3n) is 2.02. The fraction of sp³-hybridized carbons (Fsp3) is 0.636. The first-order chi connectivity index (χ1) is 7.68. The topological polar surface area (TPSA) is 47.0 Å². The number of nitrogens with zero attached hydrogens (tertiary/aromatic N) is 2. The van der Waals surface area contributed by atoms with E-state index in [4.69, 9.17) is 16.3 Å². The lowest BCUT2D eigenvalue weighted by Gasteiger charge is -2.07. The number of nitrogens with one attached hydrogen (secondary N) is 1. The molecule has 0 atom stereocenters. The second-order valence-corrected chi connectivity index (χ2v) is 4.27. The molecule has 5 heteroatoms. The van der Waals surface area contributed by atoms with Gasteiger partial charge in [-0.15, -0.1) is 0 Å². The summed E-state index contributed by atoms with van der Waals surface area (Å²) in [5.74, 6) is 1.42. The van der Waals surface area contributed by atoms with Gasteiger partial charge in [0.05, 0.1) is 6.61 Å². The first kappa shape index (κ1) is 13.2. The molecule has 0 saturated carbocycles. The highest BCUT2D eigenvalue weighted by molar-refractivity contribution is 6.28. The minimum Gasteiger partial charge on any atom is -0.380 e. The van der Waals surface area contributed by atoms with Crippen LogP contribution >= 0.6 is 11.6 Å². The number of halogens is 1. The van der Waals surface area contributed by atoms with Gasteiger partial charge in [-0.25, -0.2) is 9.97 Å². The van der Waals surface area contributed by atoms with Crippen molar-refractivity contribution in [1.29, 1.82) is 0 Å². The van der Waals surface area contributed by atoms with E-state index in [0.29, 0.717) is 12.5 Å². The van der Waals surface area contributed by atoms with Crippen molar-refractivity contribution in [3.63, 3.8) is 0 Å². The molecule has 90 valence electrons. The monoisotopic (exact) mass is 243 g/mol. The summed E-state index contributed by atoms with van der Waals surface area (Å²) in [5.41, 5.74) is 0. The number of rotatable bonds is 7. The molecule has 1 N–H and O–H groups in total. The lowest BCUT2D eigenvalue weighted by Crippen LogP contribution is -2.11. The summed E-state index contributed by atoms with van der Waals surface area (Å²) in [6.07, 6.45) is 2.72. The van der Waals surface area contributed by atoms with Gasteiger partial charge in [-0.05, 0) is 30.0 Å². The van der Waals surface area contributed by atoms with Gasteiger partial charge in [-0.3, -0.25) is 0 Å². The van der Waals surface area contributed by atoms with Crippen LogP contribution < -0.4 is 5.32 Å². The van der Waals surface area contributed by atoms with Crippen LogP contribution in [0.25, 0.3) is 0 Å². The van der Waals surface area contributed by atoms with Crippen molar-refractivity contribution < 1.29 is 4.74 Å². The molecule has 0 unspecified atom stereocenters. The summed E-state index contributed by atoms with van der Waals surface area (Å²) < 4.78 is 5.46. The van der Waals surface area contributed by atoms with E-state index >= 15 is 0 Å². The van der Waals surface area contributed by atoms with Crippen molar-refractivity contribution in [1.82, 2.24) is 9.97 Å². The molecule has 1 aromatic rings. The molecule has 16 heavy (non-hydrogen) atoms. The fourth-order valence-electron chi connectivity index (χ4n) is 1.11. The summed E-state index contributed by atoms with van der Waals surface area (Å²) in [5, 5.41) is 3.37. The Morgan fingerprint density at radius 2 is 2.25 bits per heavy atom. The average Bonchev–Trinajstić information content (AvgIpc) is 2.23. The molecule has 1 heterocycles. The lowest BCUT2D eigenvalue weighted by molar-refractivity contribution is 0.132. The first-order valence-electron chi connectivity index (χ1n) is 5.48. The Balaban J connectivity index is 2.07. The van der Waals surface area contributed by atoms with E-state index in [1.807, 2.05) is 0 Å². The smallest absolute Gasteiger partial charge is 0.224 e. The van der Waals surface area contributed by atoms with E-state index in [-0.39, 0.29) is 5.28 Å². The lowest BCUT2D eigenvalue weighted by atomic mass is 10.1. The molecule has 0 aliphatic carbocycles. The van der Waals surface area contributed by atoms with Crippen LogP contribution in [0.4, 0.5) is 5.82 Å². The van der Waals surface area contributed by atoms with E-state index in [1.165, 1.54) is 0 Å². The van der Waals surface area contributed by atoms with Crippen LogP contribution in [0.1, 0.15) is 20.3 Å². The quantitative estimate of drug-likeness (QED) is 0.591. The molecular formula is C11H18ClN3O. The third-order valence-corrected chi connectivity index (χ3v) is 2.20. The molecule has 0 radical (unpaired) electrons. The van der Waals surface area contributed by atoms with E-state index < -0.39 is 0 Å². The van der Waals surface area contributed by atoms with Crippen LogP contribution in [0.3, 0.4) is 0 Å². The summed E-state index contributed by atoms with van der Waals surface area (Å²) in [7, 11) is 0. The Bertz CT molecular complexity index is 307. The maximum atomic E-state index is 5.65. The van der Waals surface area contributed by atoms with Crippen LogP contribution in [-0.4, -0.2) is 29.7 Å². The van der Waals surface area contributed by atoms with E-state index in [0.717, 1.165) is 25.4 Å². The highest BCUT2D eigenvalue weighted by Gasteiger charge is 1.96. The van der Waals surface area contributed by atoms with Crippen LogP contribution in [0.5, 0.6) is 0 Å². The Labute approximate surface area is 101 Å². The van der Waals surface area contributed by atoms with Crippen molar-refractivity contribution in [3.8, 4) is 0 Å². The maximum Gasteiger partial charge on any atom is 0.224 e. The zero-order valence-electron chi connectivity index (χ0n) is 9.74. The molecule has 0 fully saturated rings. The predicted molar refractivity (Wildman–Crippen MR) is 65.8 cm³/mol. The van der Waals surface area contributed by atoms with Gasteiger partial charge >= 0.3 is 0 Å². The number of hydrogen-bond acceptors (Lipinski definition) is 4. The molecule has 0 spiro atoms. The van der Waals surface area contributed by atoms with Gasteiger partial charge in [0.2, 0.25) is 5.28 Å². The number of hydrogen-bond donors (Lipinski definition) is 1. The Morgan fingerprint density at radius 3 is 2.94 bits per heavy atom. The van der Waals surface area contributed by atoms with Crippen molar-refractivity contribution in [3.05, 3.63) is 17.5 Å². The largest absolute Gasteiger partial charge is 0.380 e. The second kappa shape index (κ2) is 7.41. The van der Waals surface area contributed by atoms with E-state index in [1.54, 1.807) is 12.3 Å².